The molecule has 21 heavy (non-hydrogen) atoms. The molecule has 1 aromatic rings. The number of amides is 1. The van der Waals surface area contributed by atoms with Gasteiger partial charge in [0.25, 0.3) is 0 Å². The van der Waals surface area contributed by atoms with Crippen molar-refractivity contribution in [2.75, 3.05) is 0 Å². The number of rotatable bonds is 7. The minimum Gasteiger partial charge on any atom is -0.350 e. The lowest BCUT2D eigenvalue weighted by Crippen LogP contribution is -2.40. The van der Waals surface area contributed by atoms with Crippen LogP contribution in [0.25, 0.3) is 0 Å². The number of hydrogen-bond donors (Lipinski definition) is 1. The van der Waals surface area contributed by atoms with Crippen LogP contribution >= 0.6 is 0 Å². The third-order valence-electron chi connectivity index (χ3n) is 4.09. The Bertz CT molecular complexity index is 533. The summed E-state index contributed by atoms with van der Waals surface area (Å²) in [7, 11) is 1.89. The van der Waals surface area contributed by atoms with Gasteiger partial charge in [0.15, 0.2) is 0 Å². The largest absolute Gasteiger partial charge is 0.350 e. The van der Waals surface area contributed by atoms with Crippen LogP contribution in [0.2, 0.25) is 0 Å². The summed E-state index contributed by atoms with van der Waals surface area (Å²) in [6.45, 7) is 8.36. The molecule has 1 heterocycles. The molecule has 0 unspecified atom stereocenters. The van der Waals surface area contributed by atoms with Crippen molar-refractivity contribution >= 4 is 5.91 Å². The van der Waals surface area contributed by atoms with Crippen LogP contribution in [0.4, 0.5) is 0 Å². The highest BCUT2D eigenvalue weighted by Gasteiger charge is 2.36. The Hall–Kier alpha value is -1.83. The van der Waals surface area contributed by atoms with Gasteiger partial charge in [-0.25, -0.2) is 0 Å². The first-order valence-corrected chi connectivity index (χ1v) is 7.60. The van der Waals surface area contributed by atoms with E-state index < -0.39 is 5.41 Å². The zero-order chi connectivity index (χ0) is 16.0. The first kappa shape index (κ1) is 17.2. The van der Waals surface area contributed by atoms with Crippen LogP contribution in [-0.4, -0.2) is 15.7 Å². The number of nitrogens with zero attached hydrogens (tertiary/aromatic N) is 3. The molecular weight excluding hydrogens is 264 g/mol. The molecular formula is C16H26N4O. The first-order chi connectivity index (χ1) is 9.91. The van der Waals surface area contributed by atoms with Crippen molar-refractivity contribution in [3.63, 3.8) is 0 Å². The SMILES string of the molecule is CCCC(C#N)(CCC)C(=O)NCc1c(C)nn(C)c1C. The Kier molecular flexibility index (Phi) is 5.95. The fourth-order valence-electron chi connectivity index (χ4n) is 2.78. The standard InChI is InChI=1S/C16H26N4O/c1-6-8-16(11-17,9-7-2)15(21)18-10-14-12(3)19-20(5)13(14)4/h6-10H2,1-5H3,(H,18,21). The number of carbonyl (C=O) groups is 1. The van der Waals surface area contributed by atoms with Gasteiger partial charge in [-0.2, -0.15) is 10.4 Å². The molecule has 0 aliphatic carbocycles. The van der Waals surface area contributed by atoms with Crippen LogP contribution in [-0.2, 0) is 18.4 Å². The normalized spacial score (nSPS) is 11.2. The van der Waals surface area contributed by atoms with Crippen LogP contribution in [0, 0.1) is 30.6 Å². The fraction of sp³-hybridized carbons (Fsp3) is 0.688. The Morgan fingerprint density at radius 3 is 2.29 bits per heavy atom. The Morgan fingerprint density at radius 1 is 1.33 bits per heavy atom. The van der Waals surface area contributed by atoms with Gasteiger partial charge in [-0.1, -0.05) is 26.7 Å². The number of nitrogens with one attached hydrogen (secondary N) is 1. The highest BCUT2D eigenvalue weighted by molar-refractivity contribution is 5.85. The van der Waals surface area contributed by atoms with E-state index in [4.69, 9.17) is 0 Å². The van der Waals surface area contributed by atoms with Gasteiger partial charge in [-0.05, 0) is 26.7 Å². The van der Waals surface area contributed by atoms with Crippen LogP contribution < -0.4 is 5.32 Å². The molecule has 5 heteroatoms. The highest BCUT2D eigenvalue weighted by atomic mass is 16.2. The Morgan fingerprint density at radius 2 is 1.90 bits per heavy atom. The van der Waals surface area contributed by atoms with Gasteiger partial charge in [0.1, 0.15) is 5.41 Å². The van der Waals surface area contributed by atoms with E-state index >= 15 is 0 Å². The smallest absolute Gasteiger partial charge is 0.240 e. The lowest BCUT2D eigenvalue weighted by Gasteiger charge is -2.24. The quantitative estimate of drug-likeness (QED) is 0.839. The molecule has 0 saturated carbocycles. The van der Waals surface area contributed by atoms with Crippen molar-refractivity contribution in [1.82, 2.24) is 15.1 Å². The van der Waals surface area contributed by atoms with Crippen molar-refractivity contribution in [3.05, 3.63) is 17.0 Å². The molecule has 0 fully saturated rings. The number of aryl methyl sites for hydroxylation is 2. The van der Waals surface area contributed by atoms with Crippen molar-refractivity contribution in [2.45, 2.75) is 59.9 Å². The molecule has 0 aromatic carbocycles. The highest BCUT2D eigenvalue weighted by Crippen LogP contribution is 2.29. The number of nitriles is 1. The lowest BCUT2D eigenvalue weighted by atomic mass is 9.79. The predicted molar refractivity (Wildman–Crippen MR) is 82.4 cm³/mol. The third kappa shape index (κ3) is 3.63. The third-order valence-corrected chi connectivity index (χ3v) is 4.09. The molecule has 5 nitrogen and oxygen atoms in total. The maximum atomic E-state index is 12.5. The van der Waals surface area contributed by atoms with E-state index in [2.05, 4.69) is 16.5 Å². The van der Waals surface area contributed by atoms with Crippen LogP contribution in [0.15, 0.2) is 0 Å². The Labute approximate surface area is 127 Å². The maximum absolute atomic E-state index is 12.5. The molecule has 1 aromatic heterocycles. The van der Waals surface area contributed by atoms with Gasteiger partial charge in [0.2, 0.25) is 5.91 Å². The van der Waals surface area contributed by atoms with Gasteiger partial charge in [0.05, 0.1) is 11.8 Å². The molecule has 0 atom stereocenters. The number of hydrogen-bond acceptors (Lipinski definition) is 3. The zero-order valence-electron chi connectivity index (χ0n) is 13.8. The monoisotopic (exact) mass is 290 g/mol. The molecule has 0 aliphatic heterocycles. The lowest BCUT2D eigenvalue weighted by molar-refractivity contribution is -0.129. The van der Waals surface area contributed by atoms with Crippen molar-refractivity contribution in [1.29, 1.82) is 5.26 Å². The van der Waals surface area contributed by atoms with Crippen LogP contribution in [0.3, 0.4) is 0 Å². The number of aromatic nitrogens is 2. The fourth-order valence-corrected chi connectivity index (χ4v) is 2.78. The Balaban J connectivity index is 2.85. The van der Waals surface area contributed by atoms with E-state index in [9.17, 15) is 10.1 Å². The average Bonchev–Trinajstić information content (AvgIpc) is 2.69. The summed E-state index contributed by atoms with van der Waals surface area (Å²) >= 11 is 0. The average molecular weight is 290 g/mol. The van der Waals surface area contributed by atoms with E-state index in [1.54, 1.807) is 0 Å². The van der Waals surface area contributed by atoms with Crippen LogP contribution in [0.1, 0.15) is 56.5 Å². The second-order valence-electron chi connectivity index (χ2n) is 5.65. The van der Waals surface area contributed by atoms with E-state index in [1.807, 2.05) is 39.4 Å². The maximum Gasteiger partial charge on any atom is 0.240 e. The predicted octanol–water partition coefficient (Wildman–Crippen LogP) is 2.76. The van der Waals surface area contributed by atoms with Crippen molar-refractivity contribution in [3.8, 4) is 6.07 Å². The second-order valence-corrected chi connectivity index (χ2v) is 5.65. The summed E-state index contributed by atoms with van der Waals surface area (Å²) < 4.78 is 1.81. The molecule has 116 valence electrons. The van der Waals surface area contributed by atoms with E-state index in [1.165, 1.54) is 0 Å². The molecule has 1 N–H and O–H groups in total. The van der Waals surface area contributed by atoms with Crippen LogP contribution in [0.5, 0.6) is 0 Å². The molecule has 0 aliphatic rings. The van der Waals surface area contributed by atoms with Gasteiger partial charge in [-0.15, -0.1) is 0 Å². The molecule has 0 spiro atoms. The minimum absolute atomic E-state index is 0.156. The summed E-state index contributed by atoms with van der Waals surface area (Å²) in [4.78, 5) is 12.5. The number of carbonyl (C=O) groups excluding carboxylic acids is 1. The minimum atomic E-state index is -0.895. The molecule has 0 saturated heterocycles. The van der Waals surface area contributed by atoms with E-state index in [0.717, 1.165) is 29.8 Å². The summed E-state index contributed by atoms with van der Waals surface area (Å²) in [6.07, 6.45) is 2.86. The van der Waals surface area contributed by atoms with Gasteiger partial charge < -0.3 is 5.32 Å². The van der Waals surface area contributed by atoms with Gasteiger partial charge in [0, 0.05) is 24.8 Å². The van der Waals surface area contributed by atoms with E-state index in [-0.39, 0.29) is 5.91 Å². The molecule has 0 bridgehead atoms. The van der Waals surface area contributed by atoms with Gasteiger partial charge in [-0.3, -0.25) is 9.48 Å². The molecule has 1 amide bonds. The van der Waals surface area contributed by atoms with Crippen molar-refractivity contribution in [2.24, 2.45) is 12.5 Å². The topological polar surface area (TPSA) is 70.7 Å². The second kappa shape index (κ2) is 7.26. The summed E-state index contributed by atoms with van der Waals surface area (Å²) in [5, 5.41) is 16.8. The molecule has 0 radical (unpaired) electrons. The summed E-state index contributed by atoms with van der Waals surface area (Å²) in [5.74, 6) is -0.156. The zero-order valence-corrected chi connectivity index (χ0v) is 13.8. The summed E-state index contributed by atoms with van der Waals surface area (Å²) in [5.41, 5.74) is 2.10. The van der Waals surface area contributed by atoms with Gasteiger partial charge >= 0.3 is 0 Å². The van der Waals surface area contributed by atoms with E-state index in [0.29, 0.717) is 19.4 Å². The van der Waals surface area contributed by atoms with Crippen molar-refractivity contribution < 1.29 is 4.79 Å². The first-order valence-electron chi connectivity index (χ1n) is 7.60. The molecule has 1 rings (SSSR count). The summed E-state index contributed by atoms with van der Waals surface area (Å²) in [6, 6.07) is 2.26.